The van der Waals surface area contributed by atoms with Crippen LogP contribution in [0, 0.1) is 28.6 Å². The van der Waals surface area contributed by atoms with E-state index in [2.05, 4.69) is 13.8 Å². The first kappa shape index (κ1) is 18.9. The number of rotatable bonds is 2. The number of esters is 1. The van der Waals surface area contributed by atoms with E-state index in [0.29, 0.717) is 30.6 Å². The number of hydrogen-bond donors (Lipinski definition) is 0. The van der Waals surface area contributed by atoms with Gasteiger partial charge in [0.2, 0.25) is 0 Å². The molecule has 3 saturated carbocycles. The van der Waals surface area contributed by atoms with Gasteiger partial charge in [-0.25, -0.2) is 0 Å². The molecular weight excluding hydrogens is 340 g/mol. The fraction of sp³-hybridized carbons (Fsp3) is 0.783. The molecular formula is C23H32O4. The van der Waals surface area contributed by atoms with E-state index < -0.39 is 5.60 Å². The van der Waals surface area contributed by atoms with Crippen LogP contribution in [-0.2, 0) is 19.1 Å². The Hall–Kier alpha value is -1.45. The van der Waals surface area contributed by atoms with Crippen molar-refractivity contribution in [1.82, 2.24) is 0 Å². The lowest BCUT2D eigenvalue weighted by atomic mass is 9.46. The fourth-order valence-corrected chi connectivity index (χ4v) is 7.62. The molecule has 6 atom stereocenters. The molecule has 0 bridgehead atoms. The lowest BCUT2D eigenvalue weighted by Crippen LogP contribution is -2.58. The van der Waals surface area contributed by atoms with Crippen molar-refractivity contribution in [2.45, 2.75) is 84.7 Å². The third kappa shape index (κ3) is 2.44. The van der Waals surface area contributed by atoms with Crippen LogP contribution in [0.1, 0.15) is 79.1 Å². The second-order valence-electron chi connectivity index (χ2n) is 9.94. The van der Waals surface area contributed by atoms with E-state index in [4.69, 9.17) is 4.74 Å². The normalized spacial score (nSPS) is 46.0. The van der Waals surface area contributed by atoms with Crippen LogP contribution in [0.25, 0.3) is 0 Å². The SMILES string of the molecule is CC(=O)O[C@]1(C(C)=O)CC[C@@H]2[C@H]3CCC4=CC(=O)CC[C@@]4(C)[C@@H]3CC[C@]21C. The average molecular weight is 373 g/mol. The predicted octanol–water partition coefficient (Wildman–Crippen LogP) is 4.41. The molecule has 148 valence electrons. The molecule has 0 aromatic rings. The van der Waals surface area contributed by atoms with Gasteiger partial charge < -0.3 is 4.74 Å². The molecule has 0 aromatic heterocycles. The minimum absolute atomic E-state index is 0.00650. The quantitative estimate of drug-likeness (QED) is 0.674. The van der Waals surface area contributed by atoms with Crippen LogP contribution in [0.2, 0.25) is 0 Å². The number of carbonyl (C=O) groups is 3. The molecule has 27 heavy (non-hydrogen) atoms. The van der Waals surface area contributed by atoms with Gasteiger partial charge in [0.15, 0.2) is 17.2 Å². The highest BCUT2D eigenvalue weighted by molar-refractivity contribution is 5.91. The van der Waals surface area contributed by atoms with E-state index in [1.54, 1.807) is 6.92 Å². The first-order chi connectivity index (χ1) is 12.6. The van der Waals surface area contributed by atoms with Gasteiger partial charge in [-0.1, -0.05) is 19.4 Å². The third-order valence-corrected chi connectivity index (χ3v) is 8.97. The summed E-state index contributed by atoms with van der Waals surface area (Å²) in [5, 5.41) is 0. The second kappa shape index (κ2) is 6.02. The monoisotopic (exact) mass is 372 g/mol. The topological polar surface area (TPSA) is 60.4 Å². The van der Waals surface area contributed by atoms with Gasteiger partial charge in [0.05, 0.1) is 0 Å². The Bertz CT molecular complexity index is 737. The summed E-state index contributed by atoms with van der Waals surface area (Å²) in [7, 11) is 0. The molecule has 0 radical (unpaired) electrons. The van der Waals surface area contributed by atoms with Gasteiger partial charge in [-0.3, -0.25) is 14.4 Å². The minimum Gasteiger partial charge on any atom is -0.451 e. The summed E-state index contributed by atoms with van der Waals surface area (Å²) in [5.74, 6) is 1.48. The maximum atomic E-state index is 12.7. The summed E-state index contributed by atoms with van der Waals surface area (Å²) in [6.07, 6.45) is 9.23. The standard InChI is InChI=1S/C23H32O4/c1-14(24)23(27-15(2)25)12-9-20-18-6-5-16-13-17(26)7-10-21(16,3)19(18)8-11-22(20,23)4/h13,18-20H,5-12H2,1-4H3/t18-,19+,20+,21+,22+,23-/m0/s1. The van der Waals surface area contributed by atoms with Gasteiger partial charge in [-0.2, -0.15) is 0 Å². The Morgan fingerprint density at radius 3 is 2.37 bits per heavy atom. The summed E-state index contributed by atoms with van der Waals surface area (Å²) in [6.45, 7) is 7.58. The smallest absolute Gasteiger partial charge is 0.303 e. The van der Waals surface area contributed by atoms with E-state index in [1.807, 2.05) is 6.08 Å². The zero-order chi connectivity index (χ0) is 19.6. The predicted molar refractivity (Wildman–Crippen MR) is 102 cm³/mol. The molecule has 0 spiro atoms. The van der Waals surface area contributed by atoms with Gasteiger partial charge in [0.1, 0.15) is 0 Å². The molecule has 0 aliphatic heterocycles. The van der Waals surface area contributed by atoms with Crippen molar-refractivity contribution in [2.75, 3.05) is 0 Å². The van der Waals surface area contributed by atoms with Crippen molar-refractivity contribution in [2.24, 2.45) is 28.6 Å². The molecule has 3 fully saturated rings. The van der Waals surface area contributed by atoms with Crippen molar-refractivity contribution < 1.29 is 19.1 Å². The minimum atomic E-state index is -0.950. The lowest BCUT2D eigenvalue weighted by Gasteiger charge is -2.59. The Morgan fingerprint density at radius 2 is 1.70 bits per heavy atom. The largest absolute Gasteiger partial charge is 0.451 e. The fourth-order valence-electron chi connectivity index (χ4n) is 7.62. The first-order valence-electron chi connectivity index (χ1n) is 10.6. The summed E-state index contributed by atoms with van der Waals surface area (Å²) < 4.78 is 5.81. The number of carbonyl (C=O) groups excluding carboxylic acids is 3. The highest BCUT2D eigenvalue weighted by Crippen LogP contribution is 2.68. The molecule has 4 rings (SSSR count). The molecule has 0 heterocycles. The summed E-state index contributed by atoms with van der Waals surface area (Å²) in [4.78, 5) is 36.5. The highest BCUT2D eigenvalue weighted by atomic mass is 16.6. The molecule has 4 aliphatic rings. The molecule has 0 saturated heterocycles. The Kier molecular flexibility index (Phi) is 4.21. The van der Waals surface area contributed by atoms with Crippen LogP contribution < -0.4 is 0 Å². The van der Waals surface area contributed by atoms with Gasteiger partial charge in [0, 0.05) is 18.8 Å². The Labute approximate surface area is 162 Å². The summed E-state index contributed by atoms with van der Waals surface area (Å²) in [6, 6.07) is 0. The van der Waals surface area contributed by atoms with Gasteiger partial charge in [-0.05, 0) is 81.1 Å². The molecule has 0 unspecified atom stereocenters. The van der Waals surface area contributed by atoms with Crippen LogP contribution in [0.4, 0.5) is 0 Å². The van der Waals surface area contributed by atoms with E-state index >= 15 is 0 Å². The van der Waals surface area contributed by atoms with Gasteiger partial charge in [-0.15, -0.1) is 0 Å². The zero-order valence-corrected chi connectivity index (χ0v) is 17.1. The number of hydrogen-bond acceptors (Lipinski definition) is 4. The molecule has 0 amide bonds. The number of fused-ring (bicyclic) bond motifs is 5. The van der Waals surface area contributed by atoms with Crippen LogP contribution in [0.3, 0.4) is 0 Å². The molecule has 0 aromatic carbocycles. The Balaban J connectivity index is 1.70. The maximum absolute atomic E-state index is 12.7. The average Bonchev–Trinajstić information content (AvgIpc) is 2.89. The van der Waals surface area contributed by atoms with Crippen molar-refractivity contribution in [3.8, 4) is 0 Å². The second-order valence-corrected chi connectivity index (χ2v) is 9.94. The molecule has 4 heteroatoms. The lowest BCUT2D eigenvalue weighted by molar-refractivity contribution is -0.187. The van der Waals surface area contributed by atoms with Crippen molar-refractivity contribution in [3.63, 3.8) is 0 Å². The van der Waals surface area contributed by atoms with E-state index in [9.17, 15) is 14.4 Å². The Morgan fingerprint density at radius 1 is 1.00 bits per heavy atom. The van der Waals surface area contributed by atoms with Gasteiger partial charge in [0.25, 0.3) is 0 Å². The summed E-state index contributed by atoms with van der Waals surface area (Å²) in [5.41, 5.74) is 0.266. The summed E-state index contributed by atoms with van der Waals surface area (Å²) >= 11 is 0. The van der Waals surface area contributed by atoms with E-state index in [1.165, 1.54) is 12.5 Å². The van der Waals surface area contributed by atoms with E-state index in [-0.39, 0.29) is 28.4 Å². The van der Waals surface area contributed by atoms with Crippen molar-refractivity contribution in [1.29, 1.82) is 0 Å². The van der Waals surface area contributed by atoms with E-state index in [0.717, 1.165) is 38.5 Å². The number of allylic oxidation sites excluding steroid dienone is 1. The first-order valence-corrected chi connectivity index (χ1v) is 10.6. The zero-order valence-electron chi connectivity index (χ0n) is 17.1. The van der Waals surface area contributed by atoms with Crippen molar-refractivity contribution in [3.05, 3.63) is 11.6 Å². The molecule has 0 N–H and O–H groups in total. The third-order valence-electron chi connectivity index (χ3n) is 8.97. The number of ether oxygens (including phenoxy) is 1. The van der Waals surface area contributed by atoms with Crippen LogP contribution in [-0.4, -0.2) is 23.1 Å². The number of Topliss-reactive ketones (excluding diaryl/α,β-unsaturated/α-hetero) is 1. The van der Waals surface area contributed by atoms with Crippen molar-refractivity contribution >= 4 is 17.5 Å². The molecule has 4 nitrogen and oxygen atoms in total. The van der Waals surface area contributed by atoms with Crippen LogP contribution in [0.15, 0.2) is 11.6 Å². The van der Waals surface area contributed by atoms with Crippen LogP contribution in [0.5, 0.6) is 0 Å². The van der Waals surface area contributed by atoms with Gasteiger partial charge >= 0.3 is 5.97 Å². The highest BCUT2D eigenvalue weighted by Gasteiger charge is 2.67. The molecule has 4 aliphatic carbocycles. The number of ketones is 2. The van der Waals surface area contributed by atoms with Crippen LogP contribution >= 0.6 is 0 Å². The maximum Gasteiger partial charge on any atom is 0.303 e.